The van der Waals surface area contributed by atoms with Crippen LogP contribution in [0.2, 0.25) is 0 Å². The van der Waals surface area contributed by atoms with E-state index in [2.05, 4.69) is 0 Å². The lowest BCUT2D eigenvalue weighted by Crippen LogP contribution is -2.19. The Labute approximate surface area is 64.9 Å². The molecule has 0 fully saturated rings. The van der Waals surface area contributed by atoms with E-state index in [0.717, 1.165) is 5.57 Å². The van der Waals surface area contributed by atoms with Crippen molar-refractivity contribution < 1.29 is 9.53 Å². The number of rotatable bonds is 0. The van der Waals surface area contributed by atoms with Gasteiger partial charge in [0.25, 0.3) is 0 Å². The molecule has 1 aliphatic heterocycles. The molecule has 2 aliphatic rings. The van der Waals surface area contributed by atoms with Gasteiger partial charge in [0.2, 0.25) is 0 Å². The zero-order valence-corrected chi connectivity index (χ0v) is 5.99. The van der Waals surface area contributed by atoms with Crippen LogP contribution < -0.4 is 0 Å². The van der Waals surface area contributed by atoms with E-state index >= 15 is 0 Å². The highest BCUT2D eigenvalue weighted by Crippen LogP contribution is 2.18. The number of fused-ring (bicyclic) bond motifs is 1. The van der Waals surface area contributed by atoms with E-state index in [-0.39, 0.29) is 11.9 Å². The fourth-order valence-electron chi connectivity index (χ4n) is 1.23. The van der Waals surface area contributed by atoms with Crippen molar-refractivity contribution in [3.05, 3.63) is 36.0 Å². The number of carbonyl (C=O) groups is 1. The highest BCUT2D eigenvalue weighted by molar-refractivity contribution is 6.01. The van der Waals surface area contributed by atoms with E-state index in [1.165, 1.54) is 0 Å². The quantitative estimate of drug-likeness (QED) is 0.512. The lowest BCUT2D eigenvalue weighted by molar-refractivity contribution is -0.110. The van der Waals surface area contributed by atoms with Gasteiger partial charge in [0.15, 0.2) is 5.78 Å². The zero-order chi connectivity index (χ0) is 7.68. The molecule has 0 spiro atoms. The number of allylic oxidation sites excluding steroid dienone is 2. The van der Waals surface area contributed by atoms with Crippen LogP contribution in [0.25, 0.3) is 0 Å². The monoisotopic (exact) mass is 148 g/mol. The van der Waals surface area contributed by atoms with Gasteiger partial charge < -0.3 is 4.74 Å². The largest absolute Gasteiger partial charge is 0.365 e. The molecule has 1 heterocycles. The normalized spacial score (nSPS) is 28.2. The molecule has 56 valence electrons. The van der Waals surface area contributed by atoms with Crippen LogP contribution >= 0.6 is 0 Å². The van der Waals surface area contributed by atoms with Crippen molar-refractivity contribution in [1.82, 2.24) is 0 Å². The summed E-state index contributed by atoms with van der Waals surface area (Å²) >= 11 is 0. The topological polar surface area (TPSA) is 26.3 Å². The molecule has 2 heteroatoms. The van der Waals surface area contributed by atoms with Gasteiger partial charge in [-0.1, -0.05) is 12.2 Å². The molecule has 0 radical (unpaired) electrons. The van der Waals surface area contributed by atoms with Crippen LogP contribution in [0.3, 0.4) is 0 Å². The first-order valence-corrected chi connectivity index (χ1v) is 3.58. The van der Waals surface area contributed by atoms with Crippen LogP contribution in [-0.2, 0) is 9.53 Å². The summed E-state index contributed by atoms with van der Waals surface area (Å²) in [6.07, 6.45) is 8.82. The summed E-state index contributed by atoms with van der Waals surface area (Å²) in [4.78, 5) is 10.9. The van der Waals surface area contributed by atoms with E-state index in [0.29, 0.717) is 6.61 Å². The maximum atomic E-state index is 10.9. The van der Waals surface area contributed by atoms with Crippen molar-refractivity contribution in [3.63, 3.8) is 0 Å². The van der Waals surface area contributed by atoms with Gasteiger partial charge in [-0.3, -0.25) is 4.79 Å². The lowest BCUT2D eigenvalue weighted by Gasteiger charge is -2.20. The van der Waals surface area contributed by atoms with Crippen molar-refractivity contribution in [2.45, 2.75) is 6.10 Å². The van der Waals surface area contributed by atoms with E-state index in [9.17, 15) is 4.79 Å². The molecule has 2 nitrogen and oxygen atoms in total. The number of hydrogen-bond acceptors (Lipinski definition) is 2. The van der Waals surface area contributed by atoms with Gasteiger partial charge in [0.05, 0.1) is 6.61 Å². The average Bonchev–Trinajstić information content (AvgIpc) is 2.04. The molecule has 0 N–H and O–H groups in total. The summed E-state index contributed by atoms with van der Waals surface area (Å²) in [7, 11) is 0. The van der Waals surface area contributed by atoms with E-state index in [1.807, 2.05) is 12.2 Å². The van der Waals surface area contributed by atoms with E-state index < -0.39 is 0 Å². The molecule has 0 aromatic rings. The minimum atomic E-state index is 0.0118. The highest BCUT2D eigenvalue weighted by atomic mass is 16.5. The molecule has 11 heavy (non-hydrogen) atoms. The Bertz CT molecular complexity index is 271. The first-order valence-electron chi connectivity index (χ1n) is 3.58. The standard InChI is InChI=1S/C9H8O2/c10-8-3-4-9-7(6-8)2-1-5-11-9/h1-4,6,9H,5H2. The van der Waals surface area contributed by atoms with Crippen LogP contribution in [0.4, 0.5) is 0 Å². The second-order valence-corrected chi connectivity index (χ2v) is 2.56. The fourth-order valence-corrected chi connectivity index (χ4v) is 1.23. The zero-order valence-electron chi connectivity index (χ0n) is 5.99. The Morgan fingerprint density at radius 2 is 2.36 bits per heavy atom. The van der Waals surface area contributed by atoms with Gasteiger partial charge in [0, 0.05) is 0 Å². The van der Waals surface area contributed by atoms with Gasteiger partial charge >= 0.3 is 0 Å². The van der Waals surface area contributed by atoms with Crippen molar-refractivity contribution in [2.24, 2.45) is 0 Å². The number of ketones is 1. The first-order chi connectivity index (χ1) is 5.36. The molecule has 0 aromatic carbocycles. The maximum Gasteiger partial charge on any atom is 0.178 e. The van der Waals surface area contributed by atoms with Crippen molar-refractivity contribution in [2.75, 3.05) is 6.61 Å². The third-order valence-electron chi connectivity index (χ3n) is 1.76. The third-order valence-corrected chi connectivity index (χ3v) is 1.76. The Morgan fingerprint density at radius 3 is 3.27 bits per heavy atom. The van der Waals surface area contributed by atoms with Gasteiger partial charge in [0.1, 0.15) is 6.10 Å². The average molecular weight is 148 g/mol. The van der Waals surface area contributed by atoms with Gasteiger partial charge in [-0.2, -0.15) is 0 Å². The predicted octanol–water partition coefficient (Wildman–Crippen LogP) is 1.01. The van der Waals surface area contributed by atoms with Gasteiger partial charge in [-0.15, -0.1) is 0 Å². The molecule has 0 saturated carbocycles. The highest BCUT2D eigenvalue weighted by Gasteiger charge is 2.16. The molecule has 0 aromatic heterocycles. The summed E-state index contributed by atoms with van der Waals surface area (Å²) in [5.41, 5.74) is 0.962. The Balaban J connectivity index is 2.33. The Morgan fingerprint density at radius 1 is 1.45 bits per heavy atom. The molecule has 1 aliphatic carbocycles. The second kappa shape index (κ2) is 2.47. The molecular weight excluding hydrogens is 140 g/mol. The first kappa shape index (κ1) is 6.55. The van der Waals surface area contributed by atoms with Crippen LogP contribution in [0.1, 0.15) is 0 Å². The van der Waals surface area contributed by atoms with E-state index in [1.54, 1.807) is 18.2 Å². The fraction of sp³-hybridized carbons (Fsp3) is 0.222. The maximum absolute atomic E-state index is 10.9. The summed E-state index contributed by atoms with van der Waals surface area (Å²) in [6, 6.07) is 0. The predicted molar refractivity (Wildman–Crippen MR) is 41.1 cm³/mol. The molecule has 0 amide bonds. The van der Waals surface area contributed by atoms with Crippen LogP contribution in [0.5, 0.6) is 0 Å². The summed E-state index contributed by atoms with van der Waals surface area (Å²) in [6.45, 7) is 0.639. The minimum Gasteiger partial charge on any atom is -0.365 e. The van der Waals surface area contributed by atoms with Crippen molar-refractivity contribution >= 4 is 5.78 Å². The Hall–Kier alpha value is -1.15. The third kappa shape index (κ3) is 1.17. The minimum absolute atomic E-state index is 0.0118. The van der Waals surface area contributed by atoms with Gasteiger partial charge in [-0.25, -0.2) is 0 Å². The second-order valence-electron chi connectivity index (χ2n) is 2.56. The van der Waals surface area contributed by atoms with Gasteiger partial charge in [-0.05, 0) is 23.8 Å². The van der Waals surface area contributed by atoms with E-state index in [4.69, 9.17) is 4.74 Å². The molecule has 1 unspecified atom stereocenters. The van der Waals surface area contributed by atoms with Crippen LogP contribution in [0.15, 0.2) is 36.0 Å². The molecule has 0 bridgehead atoms. The van der Waals surface area contributed by atoms with Crippen molar-refractivity contribution in [1.29, 1.82) is 0 Å². The lowest BCUT2D eigenvalue weighted by atomic mass is 10.0. The number of carbonyl (C=O) groups excluding carboxylic acids is 1. The Kier molecular flexibility index (Phi) is 1.47. The van der Waals surface area contributed by atoms with Crippen molar-refractivity contribution in [3.8, 4) is 0 Å². The summed E-state index contributed by atoms with van der Waals surface area (Å²) < 4.78 is 5.34. The molecule has 0 saturated heterocycles. The smallest absolute Gasteiger partial charge is 0.178 e. The number of ether oxygens (including phenoxy) is 1. The molecular formula is C9H8O2. The number of hydrogen-bond donors (Lipinski definition) is 0. The molecule has 1 atom stereocenters. The summed E-state index contributed by atoms with van der Waals surface area (Å²) in [5, 5.41) is 0. The molecule has 2 rings (SSSR count). The SMILES string of the molecule is O=C1C=CC2OCC=CC2=C1. The summed E-state index contributed by atoms with van der Waals surface area (Å²) in [5.74, 6) is 0.0476. The van der Waals surface area contributed by atoms with Crippen LogP contribution in [-0.4, -0.2) is 18.5 Å². The van der Waals surface area contributed by atoms with Crippen LogP contribution in [0, 0.1) is 0 Å².